The second-order valence-corrected chi connectivity index (χ2v) is 8.49. The van der Waals surface area contributed by atoms with Gasteiger partial charge in [0.1, 0.15) is 5.75 Å². The minimum absolute atomic E-state index is 0.103. The molecule has 0 aromatic heterocycles. The molecule has 3 aromatic carbocycles. The molecule has 31 heavy (non-hydrogen) atoms. The number of hydrogen-bond donors (Lipinski definition) is 2. The number of benzene rings is 3. The van der Waals surface area contributed by atoms with Gasteiger partial charge < -0.3 is 19.5 Å². The summed E-state index contributed by atoms with van der Waals surface area (Å²) in [5.41, 5.74) is 1.62. The van der Waals surface area contributed by atoms with Gasteiger partial charge >= 0.3 is 0 Å². The Kier molecular flexibility index (Phi) is 5.68. The lowest BCUT2D eigenvalue weighted by Gasteiger charge is -2.12. The number of hydrogen-bond acceptors (Lipinski definition) is 6. The normalized spacial score (nSPS) is 12.3. The highest BCUT2D eigenvalue weighted by atomic mass is 32.2. The zero-order chi connectivity index (χ0) is 21.8. The molecule has 3 aromatic rings. The summed E-state index contributed by atoms with van der Waals surface area (Å²) in [4.78, 5) is 12.3. The van der Waals surface area contributed by atoms with Crippen LogP contribution in [0, 0.1) is 6.92 Å². The van der Waals surface area contributed by atoms with Crippen molar-refractivity contribution < 1.29 is 27.4 Å². The van der Waals surface area contributed by atoms with Gasteiger partial charge in [-0.25, -0.2) is 8.42 Å². The van der Waals surface area contributed by atoms with Crippen LogP contribution >= 0.6 is 0 Å². The molecule has 1 heterocycles. The van der Waals surface area contributed by atoms with Crippen LogP contribution in [0.4, 0.5) is 11.4 Å². The molecule has 1 amide bonds. The molecule has 160 valence electrons. The van der Waals surface area contributed by atoms with Crippen molar-refractivity contribution in [2.45, 2.75) is 11.8 Å². The predicted octanol–water partition coefficient (Wildman–Crippen LogP) is 3.54. The number of amides is 1. The Bertz CT molecular complexity index is 1210. The second kappa shape index (κ2) is 8.57. The average molecular weight is 440 g/mol. The molecule has 0 saturated carbocycles. The van der Waals surface area contributed by atoms with Crippen LogP contribution in [-0.4, -0.2) is 27.7 Å². The molecular weight excluding hydrogens is 420 g/mol. The summed E-state index contributed by atoms with van der Waals surface area (Å²) in [6.07, 6.45) is 0. The molecule has 9 heteroatoms. The monoisotopic (exact) mass is 440 g/mol. The Hall–Kier alpha value is -3.72. The lowest BCUT2D eigenvalue weighted by Crippen LogP contribution is -2.20. The topological polar surface area (TPSA) is 103 Å². The van der Waals surface area contributed by atoms with Crippen LogP contribution in [0.2, 0.25) is 0 Å². The lowest BCUT2D eigenvalue weighted by molar-refractivity contribution is -0.118. The minimum atomic E-state index is -3.74. The first kappa shape index (κ1) is 20.5. The molecule has 8 nitrogen and oxygen atoms in total. The van der Waals surface area contributed by atoms with E-state index in [0.717, 1.165) is 0 Å². The summed E-state index contributed by atoms with van der Waals surface area (Å²) in [7, 11) is -3.74. The SMILES string of the molecule is Cc1cc(S(=O)(=O)Nc2ccccc2)ccc1OCC(=O)Nc1ccc2c(c1)OCO2. The van der Waals surface area contributed by atoms with Crippen LogP contribution in [0.1, 0.15) is 5.56 Å². The summed E-state index contributed by atoms with van der Waals surface area (Å²) in [6, 6.07) is 18.2. The van der Waals surface area contributed by atoms with E-state index in [2.05, 4.69) is 10.0 Å². The molecule has 4 rings (SSSR count). The Morgan fingerprint density at radius 1 is 0.968 bits per heavy atom. The maximum atomic E-state index is 12.6. The number of para-hydroxylation sites is 1. The number of carbonyl (C=O) groups excluding carboxylic acids is 1. The van der Waals surface area contributed by atoms with E-state index >= 15 is 0 Å². The minimum Gasteiger partial charge on any atom is -0.483 e. The highest BCUT2D eigenvalue weighted by Crippen LogP contribution is 2.34. The molecule has 0 bridgehead atoms. The van der Waals surface area contributed by atoms with Crippen molar-refractivity contribution in [2.75, 3.05) is 23.4 Å². The van der Waals surface area contributed by atoms with E-state index in [9.17, 15) is 13.2 Å². The zero-order valence-corrected chi connectivity index (χ0v) is 17.4. The number of carbonyl (C=O) groups is 1. The van der Waals surface area contributed by atoms with E-state index in [0.29, 0.717) is 34.2 Å². The number of fused-ring (bicyclic) bond motifs is 1. The van der Waals surface area contributed by atoms with Gasteiger partial charge in [-0.3, -0.25) is 9.52 Å². The Balaban J connectivity index is 1.37. The van der Waals surface area contributed by atoms with Gasteiger partial charge in [0, 0.05) is 17.4 Å². The average Bonchev–Trinajstić information content (AvgIpc) is 3.21. The maximum absolute atomic E-state index is 12.6. The van der Waals surface area contributed by atoms with Crippen molar-refractivity contribution in [1.29, 1.82) is 0 Å². The fourth-order valence-corrected chi connectivity index (χ4v) is 4.13. The van der Waals surface area contributed by atoms with E-state index in [1.165, 1.54) is 18.2 Å². The third-order valence-electron chi connectivity index (χ3n) is 4.50. The number of ether oxygens (including phenoxy) is 3. The van der Waals surface area contributed by atoms with Gasteiger partial charge in [-0.15, -0.1) is 0 Å². The Labute approximate surface area is 179 Å². The lowest BCUT2D eigenvalue weighted by atomic mass is 10.2. The Morgan fingerprint density at radius 3 is 2.52 bits per heavy atom. The predicted molar refractivity (Wildman–Crippen MR) is 115 cm³/mol. The standard InChI is InChI=1S/C22H20N2O6S/c1-15-11-18(31(26,27)24-16-5-3-2-4-6-16)8-10-19(15)28-13-22(25)23-17-7-9-20-21(12-17)30-14-29-20/h2-12,24H,13-14H2,1H3,(H,23,25). The molecule has 1 aliphatic heterocycles. The number of anilines is 2. The molecule has 0 aliphatic carbocycles. The van der Waals surface area contributed by atoms with Gasteiger partial charge in [-0.1, -0.05) is 18.2 Å². The van der Waals surface area contributed by atoms with Crippen molar-refractivity contribution in [3.05, 3.63) is 72.3 Å². The molecule has 0 atom stereocenters. The molecule has 0 radical (unpaired) electrons. The van der Waals surface area contributed by atoms with E-state index in [1.54, 1.807) is 55.5 Å². The highest BCUT2D eigenvalue weighted by Gasteiger charge is 2.17. The summed E-state index contributed by atoms with van der Waals surface area (Å²) in [5.74, 6) is 1.25. The maximum Gasteiger partial charge on any atom is 0.262 e. The zero-order valence-electron chi connectivity index (χ0n) is 16.6. The summed E-state index contributed by atoms with van der Waals surface area (Å²) < 4.78 is 43.8. The van der Waals surface area contributed by atoms with Crippen LogP contribution in [-0.2, 0) is 14.8 Å². The number of aryl methyl sites for hydroxylation is 1. The summed E-state index contributed by atoms with van der Waals surface area (Å²) in [6.45, 7) is 1.64. The van der Waals surface area contributed by atoms with Crippen LogP contribution in [0.15, 0.2) is 71.6 Å². The molecule has 0 unspecified atom stereocenters. The highest BCUT2D eigenvalue weighted by molar-refractivity contribution is 7.92. The number of sulfonamides is 1. The van der Waals surface area contributed by atoms with E-state index in [4.69, 9.17) is 14.2 Å². The van der Waals surface area contributed by atoms with Gasteiger partial charge in [-0.2, -0.15) is 0 Å². The fraction of sp³-hybridized carbons (Fsp3) is 0.136. The first-order valence-corrected chi connectivity index (χ1v) is 10.9. The van der Waals surface area contributed by atoms with E-state index in [1.807, 2.05) is 0 Å². The largest absolute Gasteiger partial charge is 0.483 e. The van der Waals surface area contributed by atoms with Gasteiger partial charge in [0.25, 0.3) is 15.9 Å². The van der Waals surface area contributed by atoms with Crippen LogP contribution < -0.4 is 24.2 Å². The van der Waals surface area contributed by atoms with E-state index in [-0.39, 0.29) is 24.2 Å². The molecule has 0 saturated heterocycles. The van der Waals surface area contributed by atoms with Gasteiger partial charge in [0.05, 0.1) is 4.90 Å². The third kappa shape index (κ3) is 4.89. The van der Waals surface area contributed by atoms with Crippen LogP contribution in [0.25, 0.3) is 0 Å². The van der Waals surface area contributed by atoms with Crippen LogP contribution in [0.3, 0.4) is 0 Å². The molecule has 0 spiro atoms. The van der Waals surface area contributed by atoms with Crippen molar-refractivity contribution in [2.24, 2.45) is 0 Å². The first-order chi connectivity index (χ1) is 14.9. The van der Waals surface area contributed by atoms with Crippen molar-refractivity contribution in [3.8, 4) is 17.2 Å². The smallest absolute Gasteiger partial charge is 0.262 e. The number of rotatable bonds is 7. The Morgan fingerprint density at radius 2 is 1.74 bits per heavy atom. The van der Waals surface area contributed by atoms with E-state index < -0.39 is 10.0 Å². The molecule has 2 N–H and O–H groups in total. The number of nitrogens with one attached hydrogen (secondary N) is 2. The van der Waals surface area contributed by atoms with Gasteiger partial charge in [0.2, 0.25) is 6.79 Å². The molecule has 0 fully saturated rings. The summed E-state index contributed by atoms with van der Waals surface area (Å²) in [5, 5.41) is 2.72. The van der Waals surface area contributed by atoms with Crippen molar-refractivity contribution >= 4 is 27.3 Å². The second-order valence-electron chi connectivity index (χ2n) is 6.80. The molecular formula is C22H20N2O6S. The van der Waals surface area contributed by atoms with Crippen LogP contribution in [0.5, 0.6) is 17.2 Å². The fourth-order valence-electron chi connectivity index (χ4n) is 2.99. The summed E-state index contributed by atoms with van der Waals surface area (Å²) >= 11 is 0. The quantitative estimate of drug-likeness (QED) is 0.583. The first-order valence-electron chi connectivity index (χ1n) is 9.41. The van der Waals surface area contributed by atoms with Crippen molar-refractivity contribution in [1.82, 2.24) is 0 Å². The molecule has 1 aliphatic rings. The third-order valence-corrected chi connectivity index (χ3v) is 5.88. The van der Waals surface area contributed by atoms with Gasteiger partial charge in [-0.05, 0) is 55.0 Å². The van der Waals surface area contributed by atoms with Crippen molar-refractivity contribution in [3.63, 3.8) is 0 Å². The van der Waals surface area contributed by atoms with Gasteiger partial charge in [0.15, 0.2) is 18.1 Å².